The van der Waals surface area contributed by atoms with Crippen molar-refractivity contribution in [2.75, 3.05) is 38.6 Å². The minimum Gasteiger partial charge on any atom is -1.00 e. The second kappa shape index (κ2) is 9.77. The average Bonchev–Trinajstić information content (AvgIpc) is 2.29. The molecule has 0 amide bonds. The summed E-state index contributed by atoms with van der Waals surface area (Å²) in [7, 11) is 0. The Morgan fingerprint density at radius 3 is 2.63 bits per heavy atom. The van der Waals surface area contributed by atoms with Gasteiger partial charge in [0.05, 0.1) is 25.5 Å². The van der Waals surface area contributed by atoms with Gasteiger partial charge in [0.1, 0.15) is 18.8 Å². The van der Waals surface area contributed by atoms with Crippen LogP contribution in [0.4, 0.5) is 0 Å². The minimum absolute atomic E-state index is 0. The molecule has 110 valence electrons. The maximum Gasteiger partial charge on any atom is 0.357 e. The van der Waals surface area contributed by atoms with Crippen molar-refractivity contribution in [2.24, 2.45) is 0 Å². The summed E-state index contributed by atoms with van der Waals surface area (Å²) in [5.41, 5.74) is 2.26. The summed E-state index contributed by atoms with van der Waals surface area (Å²) in [4.78, 5) is 9.44. The highest BCUT2D eigenvalue weighted by Gasteiger charge is 2.15. The molecule has 7 heteroatoms. The zero-order valence-electron chi connectivity index (χ0n) is 11.3. The van der Waals surface area contributed by atoms with Gasteiger partial charge in [-0.3, -0.25) is 0 Å². The van der Waals surface area contributed by atoms with Crippen LogP contribution in [0.15, 0.2) is 11.2 Å². The predicted octanol–water partition coefficient (Wildman–Crippen LogP) is -6.47. The van der Waals surface area contributed by atoms with Crippen molar-refractivity contribution in [1.29, 1.82) is 0 Å². The molecular formula is C12H21Cl2N3OS. The van der Waals surface area contributed by atoms with E-state index in [4.69, 9.17) is 4.74 Å². The van der Waals surface area contributed by atoms with Crippen molar-refractivity contribution >= 4 is 11.8 Å². The number of hydrogen-bond acceptors (Lipinski definition) is 3. The maximum absolute atomic E-state index is 5.35. The number of thioether (sulfide) groups is 1. The van der Waals surface area contributed by atoms with E-state index in [1.165, 1.54) is 12.2 Å². The van der Waals surface area contributed by atoms with Gasteiger partial charge in [-0.2, -0.15) is 0 Å². The molecular weight excluding hydrogens is 305 g/mol. The molecule has 4 nitrogen and oxygen atoms in total. The van der Waals surface area contributed by atoms with E-state index >= 15 is 0 Å². The number of aromatic nitrogens is 2. The van der Waals surface area contributed by atoms with Gasteiger partial charge in [0, 0.05) is 13.0 Å². The van der Waals surface area contributed by atoms with E-state index in [1.807, 2.05) is 18.7 Å². The Bertz CT molecular complexity index is 356. The smallest absolute Gasteiger partial charge is 0.357 e. The lowest BCUT2D eigenvalue weighted by Gasteiger charge is -2.23. The predicted molar refractivity (Wildman–Crippen MR) is 67.4 cm³/mol. The molecule has 0 unspecified atom stereocenters. The molecule has 2 rings (SSSR count). The molecule has 1 saturated heterocycles. The Kier molecular flexibility index (Phi) is 9.74. The molecule has 0 saturated carbocycles. The molecule has 1 aromatic heterocycles. The fraction of sp³-hybridized carbons (Fsp3) is 0.667. The molecule has 19 heavy (non-hydrogen) atoms. The van der Waals surface area contributed by atoms with Gasteiger partial charge in [0.2, 0.25) is 0 Å². The molecule has 1 aromatic rings. The van der Waals surface area contributed by atoms with E-state index in [-0.39, 0.29) is 24.8 Å². The van der Waals surface area contributed by atoms with E-state index in [2.05, 4.69) is 23.0 Å². The van der Waals surface area contributed by atoms with Crippen LogP contribution in [0.25, 0.3) is 0 Å². The van der Waals surface area contributed by atoms with Crippen LogP contribution in [-0.4, -0.2) is 43.6 Å². The third kappa shape index (κ3) is 6.77. The Balaban J connectivity index is 0.00000162. The van der Waals surface area contributed by atoms with E-state index < -0.39 is 0 Å². The molecule has 2 N–H and O–H groups in total. The molecule has 0 atom stereocenters. The summed E-state index contributed by atoms with van der Waals surface area (Å²) >= 11 is 1.81. The molecule has 1 aliphatic rings. The summed E-state index contributed by atoms with van der Waals surface area (Å²) in [5.74, 6) is 1.11. The number of nitrogens with one attached hydrogen (secondary N) is 2. The van der Waals surface area contributed by atoms with Gasteiger partial charge in [-0.1, -0.05) is 0 Å². The highest BCUT2D eigenvalue weighted by Crippen LogP contribution is 2.08. The van der Waals surface area contributed by atoms with Crippen LogP contribution >= 0.6 is 11.8 Å². The summed E-state index contributed by atoms with van der Waals surface area (Å²) in [6, 6.07) is 2.07. The Labute approximate surface area is 131 Å². The standard InChI is InChI=1S/C12H19N3OS.2ClH/c1-10-9-11(2)14-12(13-10)17-8-5-15-3-6-16-7-4-15;;/h9H,3-8H2,1-2H3;2*1H. The fourth-order valence-corrected chi connectivity index (χ4v) is 3.03. The molecule has 0 bridgehead atoms. The number of nitrogens with zero attached hydrogens (tertiary/aromatic N) is 1. The summed E-state index contributed by atoms with van der Waals surface area (Å²) in [6.45, 7) is 9.41. The van der Waals surface area contributed by atoms with E-state index in [0.717, 1.165) is 42.9 Å². The molecule has 2 heterocycles. The van der Waals surface area contributed by atoms with Crippen LogP contribution in [0.1, 0.15) is 11.4 Å². The maximum atomic E-state index is 5.35. The van der Waals surface area contributed by atoms with Crippen molar-refractivity contribution in [3.05, 3.63) is 17.5 Å². The third-order valence-electron chi connectivity index (χ3n) is 2.90. The number of rotatable bonds is 4. The molecule has 0 spiro atoms. The topological polar surface area (TPSA) is 40.7 Å². The Hall–Kier alpha value is -0.0700. The van der Waals surface area contributed by atoms with Crippen LogP contribution in [0.5, 0.6) is 0 Å². The number of H-pyrrole nitrogens is 1. The zero-order chi connectivity index (χ0) is 12.1. The second-order valence-corrected chi connectivity index (χ2v) is 5.56. The van der Waals surface area contributed by atoms with Gasteiger partial charge in [-0.25, -0.2) is 4.98 Å². The van der Waals surface area contributed by atoms with Crippen molar-refractivity contribution in [2.45, 2.75) is 19.0 Å². The molecule has 0 aliphatic carbocycles. The lowest BCUT2D eigenvalue weighted by Crippen LogP contribution is -3.14. The summed E-state index contributed by atoms with van der Waals surface area (Å²) in [6.07, 6.45) is 0. The second-order valence-electron chi connectivity index (χ2n) is 4.47. The lowest BCUT2D eigenvalue weighted by atomic mass is 10.4. The normalized spacial score (nSPS) is 15.5. The third-order valence-corrected chi connectivity index (χ3v) is 3.78. The van der Waals surface area contributed by atoms with Crippen molar-refractivity contribution in [3.63, 3.8) is 0 Å². The number of aryl methyl sites for hydroxylation is 2. The van der Waals surface area contributed by atoms with Crippen molar-refractivity contribution in [1.82, 2.24) is 4.98 Å². The van der Waals surface area contributed by atoms with Gasteiger partial charge in [-0.05, 0) is 23.7 Å². The fourth-order valence-electron chi connectivity index (χ4n) is 2.01. The van der Waals surface area contributed by atoms with E-state index in [9.17, 15) is 0 Å². The first-order valence-electron chi connectivity index (χ1n) is 6.16. The van der Waals surface area contributed by atoms with Crippen LogP contribution in [0.3, 0.4) is 0 Å². The number of ether oxygens (including phenoxy) is 1. The van der Waals surface area contributed by atoms with Crippen LogP contribution in [-0.2, 0) is 4.74 Å². The van der Waals surface area contributed by atoms with Gasteiger partial charge in [-0.15, -0.1) is 0 Å². The van der Waals surface area contributed by atoms with Gasteiger partial charge in [0.25, 0.3) is 0 Å². The first kappa shape index (κ1) is 18.9. The SMILES string of the molecule is Cc1cc(C)[nH+]c(SCC[NH+]2CCOCC2)n1.[Cl-].[Cl-]. The van der Waals surface area contributed by atoms with Crippen LogP contribution in [0.2, 0.25) is 0 Å². The molecule has 0 radical (unpaired) electrons. The van der Waals surface area contributed by atoms with Crippen LogP contribution < -0.4 is 34.7 Å². The molecule has 1 aliphatic heterocycles. The highest BCUT2D eigenvalue weighted by atomic mass is 35.5. The van der Waals surface area contributed by atoms with Gasteiger partial charge >= 0.3 is 5.16 Å². The quantitative estimate of drug-likeness (QED) is 0.442. The summed E-state index contributed by atoms with van der Waals surface area (Å²) in [5, 5.41) is 1.04. The van der Waals surface area contributed by atoms with Gasteiger partial charge < -0.3 is 34.5 Å². The number of aromatic amines is 1. The molecule has 0 aromatic carbocycles. The Morgan fingerprint density at radius 2 is 2.00 bits per heavy atom. The monoisotopic (exact) mass is 325 g/mol. The first-order valence-corrected chi connectivity index (χ1v) is 7.14. The van der Waals surface area contributed by atoms with Crippen molar-refractivity contribution in [3.8, 4) is 0 Å². The van der Waals surface area contributed by atoms with Crippen LogP contribution in [0, 0.1) is 13.8 Å². The minimum atomic E-state index is 0. The highest BCUT2D eigenvalue weighted by molar-refractivity contribution is 7.99. The Morgan fingerprint density at radius 1 is 1.32 bits per heavy atom. The number of morpholine rings is 1. The number of hydrogen-bond donors (Lipinski definition) is 1. The molecule has 1 fully saturated rings. The largest absolute Gasteiger partial charge is 1.00 e. The number of quaternary nitrogens is 1. The van der Waals surface area contributed by atoms with E-state index in [1.54, 1.807) is 4.90 Å². The summed E-state index contributed by atoms with van der Waals surface area (Å²) < 4.78 is 5.35. The van der Waals surface area contributed by atoms with Crippen molar-refractivity contribution < 1.29 is 39.4 Å². The number of halogens is 2. The lowest BCUT2D eigenvalue weighted by molar-refractivity contribution is -0.905. The van der Waals surface area contributed by atoms with Gasteiger partial charge in [0.15, 0.2) is 5.69 Å². The first-order chi connectivity index (χ1) is 8.24. The zero-order valence-corrected chi connectivity index (χ0v) is 13.7. The average molecular weight is 326 g/mol. The van der Waals surface area contributed by atoms with E-state index in [0.29, 0.717) is 0 Å².